The first-order valence-electron chi connectivity index (χ1n) is 9.59. The SMILES string of the molecule is Cc1cc(F)cc(-n2cc(-c3ncncc3OCC3CCC(N)CC3)cn2)c1. The summed E-state index contributed by atoms with van der Waals surface area (Å²) < 4.78 is 21.4. The van der Waals surface area contributed by atoms with Crippen LogP contribution in [-0.4, -0.2) is 32.4 Å². The van der Waals surface area contributed by atoms with Crippen LogP contribution in [0.2, 0.25) is 0 Å². The molecule has 1 fully saturated rings. The van der Waals surface area contributed by atoms with E-state index in [0.29, 0.717) is 35.7 Å². The first-order chi connectivity index (χ1) is 13.6. The van der Waals surface area contributed by atoms with Crippen LogP contribution in [0.5, 0.6) is 5.75 Å². The molecule has 0 unspecified atom stereocenters. The summed E-state index contributed by atoms with van der Waals surface area (Å²) in [4.78, 5) is 8.49. The second-order valence-electron chi connectivity index (χ2n) is 7.49. The van der Waals surface area contributed by atoms with Crippen molar-refractivity contribution in [3.8, 4) is 22.7 Å². The third kappa shape index (κ3) is 4.20. The minimum absolute atomic E-state index is 0.287. The van der Waals surface area contributed by atoms with Gasteiger partial charge in [-0.15, -0.1) is 0 Å². The molecule has 1 aliphatic carbocycles. The molecule has 2 N–H and O–H groups in total. The third-order valence-electron chi connectivity index (χ3n) is 5.19. The van der Waals surface area contributed by atoms with Crippen LogP contribution in [0.25, 0.3) is 16.9 Å². The molecule has 0 atom stereocenters. The summed E-state index contributed by atoms with van der Waals surface area (Å²) in [6, 6.07) is 5.15. The van der Waals surface area contributed by atoms with Crippen LogP contribution in [-0.2, 0) is 0 Å². The van der Waals surface area contributed by atoms with Crippen molar-refractivity contribution in [1.29, 1.82) is 0 Å². The second-order valence-corrected chi connectivity index (χ2v) is 7.49. The largest absolute Gasteiger partial charge is 0.489 e. The number of hydrogen-bond acceptors (Lipinski definition) is 5. The molecular weight excluding hydrogens is 357 g/mol. The summed E-state index contributed by atoms with van der Waals surface area (Å²) in [6.07, 6.45) is 11.0. The maximum Gasteiger partial charge on any atom is 0.163 e. The zero-order valence-electron chi connectivity index (χ0n) is 15.9. The molecule has 1 aliphatic rings. The summed E-state index contributed by atoms with van der Waals surface area (Å²) >= 11 is 0. The van der Waals surface area contributed by atoms with Gasteiger partial charge in [0.25, 0.3) is 0 Å². The van der Waals surface area contributed by atoms with Crippen molar-refractivity contribution in [2.24, 2.45) is 11.7 Å². The quantitative estimate of drug-likeness (QED) is 0.729. The van der Waals surface area contributed by atoms with Gasteiger partial charge >= 0.3 is 0 Å². The summed E-state index contributed by atoms with van der Waals surface area (Å²) in [5, 5.41) is 4.36. The predicted molar refractivity (Wildman–Crippen MR) is 105 cm³/mol. The Morgan fingerprint density at radius 2 is 2.00 bits per heavy atom. The first-order valence-corrected chi connectivity index (χ1v) is 9.59. The van der Waals surface area contributed by atoms with Gasteiger partial charge in [-0.25, -0.2) is 19.0 Å². The normalized spacial score (nSPS) is 19.5. The molecular formula is C21H24FN5O. The zero-order chi connectivity index (χ0) is 19.5. The van der Waals surface area contributed by atoms with E-state index >= 15 is 0 Å². The van der Waals surface area contributed by atoms with Gasteiger partial charge in [0.1, 0.15) is 17.8 Å². The van der Waals surface area contributed by atoms with E-state index in [1.807, 2.05) is 19.2 Å². The smallest absolute Gasteiger partial charge is 0.163 e. The fourth-order valence-electron chi connectivity index (χ4n) is 3.64. The molecule has 0 aliphatic heterocycles. The topological polar surface area (TPSA) is 78.8 Å². The maximum atomic E-state index is 13.7. The summed E-state index contributed by atoms with van der Waals surface area (Å²) in [5.74, 6) is 0.850. The molecule has 7 heteroatoms. The van der Waals surface area contributed by atoms with Crippen LogP contribution in [0.1, 0.15) is 31.2 Å². The molecule has 0 amide bonds. The van der Waals surface area contributed by atoms with Crippen LogP contribution in [0.4, 0.5) is 4.39 Å². The van der Waals surface area contributed by atoms with Crippen molar-refractivity contribution in [3.63, 3.8) is 0 Å². The lowest BCUT2D eigenvalue weighted by molar-refractivity contribution is 0.200. The standard InChI is InChI=1S/C21H24FN5O/c1-14-6-17(22)8-19(7-14)27-11-16(9-26-27)21-20(10-24-13-25-21)28-12-15-2-4-18(23)5-3-15/h6-11,13,15,18H,2-5,12,23H2,1H3. The lowest BCUT2D eigenvalue weighted by Gasteiger charge is -2.26. The fourth-order valence-corrected chi connectivity index (χ4v) is 3.64. The molecule has 146 valence electrons. The predicted octanol–water partition coefficient (Wildman–Crippen LogP) is 3.67. The summed E-state index contributed by atoms with van der Waals surface area (Å²) in [6.45, 7) is 2.48. The van der Waals surface area contributed by atoms with Crippen LogP contribution in [0.3, 0.4) is 0 Å². The zero-order valence-corrected chi connectivity index (χ0v) is 15.9. The van der Waals surface area contributed by atoms with Crippen molar-refractivity contribution in [3.05, 3.63) is 54.5 Å². The minimum Gasteiger partial charge on any atom is -0.489 e. The van der Waals surface area contributed by atoms with Gasteiger partial charge in [0.15, 0.2) is 5.75 Å². The molecule has 2 aromatic heterocycles. The maximum absolute atomic E-state index is 13.7. The van der Waals surface area contributed by atoms with Crippen LogP contribution in [0.15, 0.2) is 43.1 Å². The lowest BCUT2D eigenvalue weighted by Crippen LogP contribution is -2.28. The summed E-state index contributed by atoms with van der Waals surface area (Å²) in [5.41, 5.74) is 8.96. The highest BCUT2D eigenvalue weighted by Crippen LogP contribution is 2.29. The van der Waals surface area contributed by atoms with Crippen LogP contribution < -0.4 is 10.5 Å². The Kier molecular flexibility index (Phi) is 5.34. The molecule has 1 aromatic carbocycles. The van der Waals surface area contributed by atoms with Crippen LogP contribution >= 0.6 is 0 Å². The number of hydrogen-bond donors (Lipinski definition) is 1. The number of aryl methyl sites for hydroxylation is 1. The van der Waals surface area contributed by atoms with E-state index in [1.54, 1.807) is 17.1 Å². The molecule has 1 saturated carbocycles. The van der Waals surface area contributed by atoms with Gasteiger partial charge < -0.3 is 10.5 Å². The van der Waals surface area contributed by atoms with Gasteiger partial charge in [-0.05, 0) is 62.3 Å². The minimum atomic E-state index is -0.287. The van der Waals surface area contributed by atoms with E-state index in [0.717, 1.165) is 36.8 Å². The first kappa shape index (κ1) is 18.6. The highest BCUT2D eigenvalue weighted by Gasteiger charge is 2.20. The van der Waals surface area contributed by atoms with E-state index in [9.17, 15) is 4.39 Å². The molecule has 6 nitrogen and oxygen atoms in total. The number of nitrogens with two attached hydrogens (primary N) is 1. The second kappa shape index (κ2) is 8.06. The van der Waals surface area contributed by atoms with Gasteiger partial charge in [0.2, 0.25) is 0 Å². The van der Waals surface area contributed by atoms with Crippen molar-refractivity contribution < 1.29 is 9.13 Å². The molecule has 0 bridgehead atoms. The van der Waals surface area contributed by atoms with E-state index in [2.05, 4.69) is 15.1 Å². The Balaban J connectivity index is 1.53. The van der Waals surface area contributed by atoms with Crippen molar-refractivity contribution in [1.82, 2.24) is 19.7 Å². The van der Waals surface area contributed by atoms with Crippen molar-refractivity contribution in [2.45, 2.75) is 38.6 Å². The Bertz CT molecular complexity index is 929. The Morgan fingerprint density at radius 3 is 2.79 bits per heavy atom. The number of aromatic nitrogens is 4. The molecule has 28 heavy (non-hydrogen) atoms. The van der Waals surface area contributed by atoms with Crippen LogP contribution in [0, 0.1) is 18.7 Å². The number of halogens is 1. The van der Waals surface area contributed by atoms with Crippen molar-refractivity contribution in [2.75, 3.05) is 6.61 Å². The third-order valence-corrected chi connectivity index (χ3v) is 5.19. The van der Waals surface area contributed by atoms with Gasteiger partial charge in [0.05, 0.1) is 24.7 Å². The average Bonchev–Trinajstić information content (AvgIpc) is 3.17. The lowest BCUT2D eigenvalue weighted by atomic mass is 9.87. The fraction of sp³-hybridized carbons (Fsp3) is 0.381. The van der Waals surface area contributed by atoms with Gasteiger partial charge in [-0.2, -0.15) is 5.10 Å². The Hall–Kier alpha value is -2.80. The van der Waals surface area contributed by atoms with E-state index in [1.165, 1.54) is 18.5 Å². The molecule has 2 heterocycles. The average molecular weight is 381 g/mol. The van der Waals surface area contributed by atoms with E-state index in [-0.39, 0.29) is 5.82 Å². The highest BCUT2D eigenvalue weighted by molar-refractivity contribution is 5.64. The Labute approximate surface area is 163 Å². The molecule has 3 aromatic rings. The number of rotatable bonds is 5. The van der Waals surface area contributed by atoms with Gasteiger partial charge in [-0.1, -0.05) is 0 Å². The van der Waals surface area contributed by atoms with E-state index < -0.39 is 0 Å². The van der Waals surface area contributed by atoms with Crippen molar-refractivity contribution >= 4 is 0 Å². The number of ether oxygens (including phenoxy) is 1. The molecule has 0 saturated heterocycles. The van der Waals surface area contributed by atoms with Gasteiger partial charge in [-0.3, -0.25) is 0 Å². The monoisotopic (exact) mass is 381 g/mol. The molecule has 0 spiro atoms. The highest BCUT2D eigenvalue weighted by atomic mass is 19.1. The molecule has 4 rings (SSSR count). The molecule has 0 radical (unpaired) electrons. The Morgan fingerprint density at radius 1 is 1.18 bits per heavy atom. The van der Waals surface area contributed by atoms with Gasteiger partial charge in [0, 0.05) is 17.8 Å². The summed E-state index contributed by atoms with van der Waals surface area (Å²) in [7, 11) is 0. The van der Waals surface area contributed by atoms with E-state index in [4.69, 9.17) is 10.5 Å². The number of benzene rings is 1. The number of nitrogens with zero attached hydrogens (tertiary/aromatic N) is 4.